The number of anilines is 1. The summed E-state index contributed by atoms with van der Waals surface area (Å²) in [5, 5.41) is 5.45. The summed E-state index contributed by atoms with van der Waals surface area (Å²) in [4.78, 5) is 18.8. The van der Waals surface area contributed by atoms with E-state index in [-0.39, 0.29) is 5.91 Å². The molecule has 0 aliphatic carbocycles. The van der Waals surface area contributed by atoms with Crippen molar-refractivity contribution in [3.63, 3.8) is 0 Å². The Morgan fingerprint density at radius 3 is 3.04 bits per heavy atom. The predicted octanol–water partition coefficient (Wildman–Crippen LogP) is 2.94. The van der Waals surface area contributed by atoms with E-state index in [0.29, 0.717) is 5.13 Å². The number of hydrogen-bond donors (Lipinski definition) is 1. The second-order valence-corrected chi connectivity index (χ2v) is 6.63. The summed E-state index contributed by atoms with van der Waals surface area (Å²) in [5.74, 6) is -0.163. The Morgan fingerprint density at radius 1 is 1.42 bits per heavy atom. The molecule has 1 amide bonds. The fourth-order valence-corrected chi connectivity index (χ4v) is 3.22. The normalized spacial score (nSPS) is 15.7. The minimum atomic E-state index is -0.163. The lowest BCUT2D eigenvalue weighted by atomic mass is 10.1. The predicted molar refractivity (Wildman–Crippen MR) is 97.1 cm³/mol. The van der Waals surface area contributed by atoms with Crippen molar-refractivity contribution in [3.8, 4) is 0 Å². The summed E-state index contributed by atoms with van der Waals surface area (Å²) in [7, 11) is 0. The van der Waals surface area contributed by atoms with E-state index >= 15 is 0 Å². The number of thiazole rings is 1. The Morgan fingerprint density at radius 2 is 2.25 bits per heavy atom. The van der Waals surface area contributed by atoms with Gasteiger partial charge in [-0.25, -0.2) is 4.98 Å². The van der Waals surface area contributed by atoms with E-state index in [1.807, 2.05) is 42.6 Å². The molecule has 1 aromatic heterocycles. The van der Waals surface area contributed by atoms with Crippen LogP contribution in [-0.2, 0) is 16.1 Å². The van der Waals surface area contributed by atoms with Crippen molar-refractivity contribution in [1.29, 1.82) is 0 Å². The molecular weight excluding hydrogens is 322 g/mol. The molecule has 0 unspecified atom stereocenters. The highest BCUT2D eigenvalue weighted by Gasteiger charge is 2.13. The SMILES string of the molecule is Cc1cccc(C=CC(=O)Nc2nc(CN3CCOCC3)cs2)c1. The number of nitrogens with zero attached hydrogens (tertiary/aromatic N) is 2. The molecule has 1 N–H and O–H groups in total. The van der Waals surface area contributed by atoms with Crippen LogP contribution in [0.25, 0.3) is 6.08 Å². The second-order valence-electron chi connectivity index (χ2n) is 5.77. The van der Waals surface area contributed by atoms with Crippen LogP contribution in [-0.4, -0.2) is 42.1 Å². The van der Waals surface area contributed by atoms with Gasteiger partial charge in [0.25, 0.3) is 0 Å². The zero-order valence-electron chi connectivity index (χ0n) is 13.7. The molecule has 0 bridgehead atoms. The van der Waals surface area contributed by atoms with Crippen LogP contribution in [0, 0.1) is 6.92 Å². The number of rotatable bonds is 5. The first kappa shape index (κ1) is 16.8. The second kappa shape index (κ2) is 8.19. The largest absolute Gasteiger partial charge is 0.379 e. The van der Waals surface area contributed by atoms with Crippen LogP contribution in [0.5, 0.6) is 0 Å². The number of amides is 1. The van der Waals surface area contributed by atoms with E-state index in [1.165, 1.54) is 23.0 Å². The average Bonchev–Trinajstić information content (AvgIpc) is 3.01. The minimum absolute atomic E-state index is 0.163. The lowest BCUT2D eigenvalue weighted by molar-refractivity contribution is -0.111. The van der Waals surface area contributed by atoms with Crippen LogP contribution < -0.4 is 5.32 Å². The van der Waals surface area contributed by atoms with E-state index < -0.39 is 0 Å². The Hall–Kier alpha value is -2.02. The van der Waals surface area contributed by atoms with E-state index in [9.17, 15) is 4.79 Å². The molecule has 126 valence electrons. The van der Waals surface area contributed by atoms with Crippen LogP contribution in [0.15, 0.2) is 35.7 Å². The van der Waals surface area contributed by atoms with E-state index in [1.54, 1.807) is 0 Å². The lowest BCUT2D eigenvalue weighted by Gasteiger charge is -2.25. The Kier molecular flexibility index (Phi) is 5.74. The van der Waals surface area contributed by atoms with Gasteiger partial charge in [-0.05, 0) is 18.6 Å². The van der Waals surface area contributed by atoms with Gasteiger partial charge < -0.3 is 4.74 Å². The van der Waals surface area contributed by atoms with Crippen molar-refractivity contribution < 1.29 is 9.53 Å². The van der Waals surface area contributed by atoms with Gasteiger partial charge in [-0.2, -0.15) is 0 Å². The third-order valence-corrected chi connectivity index (χ3v) is 4.55. The molecule has 2 aromatic rings. The molecule has 1 aromatic carbocycles. The molecule has 3 rings (SSSR count). The summed E-state index contributed by atoms with van der Waals surface area (Å²) in [6.07, 6.45) is 3.35. The maximum Gasteiger partial charge on any atom is 0.250 e. The molecule has 0 atom stereocenters. The standard InChI is InChI=1S/C18H21N3O2S/c1-14-3-2-4-15(11-14)5-6-17(22)20-18-19-16(13-24-18)12-21-7-9-23-10-8-21/h2-6,11,13H,7-10,12H2,1H3,(H,19,20,22). The summed E-state index contributed by atoms with van der Waals surface area (Å²) in [6, 6.07) is 8.02. The maximum absolute atomic E-state index is 12.0. The van der Waals surface area contributed by atoms with Crippen molar-refractivity contribution in [3.05, 3.63) is 52.5 Å². The summed E-state index contributed by atoms with van der Waals surface area (Å²) < 4.78 is 5.34. The van der Waals surface area contributed by atoms with Gasteiger partial charge in [0.1, 0.15) is 0 Å². The molecule has 1 saturated heterocycles. The molecule has 1 aliphatic heterocycles. The number of carbonyl (C=O) groups is 1. The molecule has 5 nitrogen and oxygen atoms in total. The van der Waals surface area contributed by atoms with Gasteiger partial charge >= 0.3 is 0 Å². The topological polar surface area (TPSA) is 54.5 Å². The Bertz CT molecular complexity index is 721. The third kappa shape index (κ3) is 4.99. The average molecular weight is 343 g/mol. The smallest absolute Gasteiger partial charge is 0.250 e. The van der Waals surface area contributed by atoms with Crippen molar-refractivity contribution >= 4 is 28.5 Å². The summed E-state index contributed by atoms with van der Waals surface area (Å²) >= 11 is 1.46. The Labute approximate surface area is 146 Å². The quantitative estimate of drug-likeness (QED) is 0.848. The number of benzene rings is 1. The van der Waals surface area contributed by atoms with Gasteiger partial charge in [0.15, 0.2) is 5.13 Å². The van der Waals surface area contributed by atoms with Crippen molar-refractivity contribution in [2.45, 2.75) is 13.5 Å². The molecular formula is C18H21N3O2S. The molecule has 0 spiro atoms. The van der Waals surface area contributed by atoms with Crippen LogP contribution in [0.2, 0.25) is 0 Å². The van der Waals surface area contributed by atoms with Gasteiger partial charge in [-0.3, -0.25) is 15.0 Å². The van der Waals surface area contributed by atoms with Gasteiger partial charge in [-0.15, -0.1) is 11.3 Å². The van der Waals surface area contributed by atoms with Crippen LogP contribution in [0.1, 0.15) is 16.8 Å². The molecule has 6 heteroatoms. The lowest BCUT2D eigenvalue weighted by Crippen LogP contribution is -2.35. The zero-order chi connectivity index (χ0) is 16.8. The molecule has 1 aliphatic rings. The number of nitrogens with one attached hydrogen (secondary N) is 1. The van der Waals surface area contributed by atoms with Crippen LogP contribution >= 0.6 is 11.3 Å². The highest BCUT2D eigenvalue weighted by Crippen LogP contribution is 2.17. The fourth-order valence-electron chi connectivity index (χ4n) is 2.52. The monoisotopic (exact) mass is 343 g/mol. The molecule has 2 heterocycles. The summed E-state index contributed by atoms with van der Waals surface area (Å²) in [6.45, 7) is 6.24. The van der Waals surface area contributed by atoms with Crippen molar-refractivity contribution in [1.82, 2.24) is 9.88 Å². The number of carbonyl (C=O) groups excluding carboxylic acids is 1. The number of ether oxygens (including phenoxy) is 1. The molecule has 1 fully saturated rings. The highest BCUT2D eigenvalue weighted by atomic mass is 32.1. The number of aryl methyl sites for hydroxylation is 1. The van der Waals surface area contributed by atoms with E-state index in [2.05, 4.69) is 15.2 Å². The first-order chi connectivity index (χ1) is 11.7. The van der Waals surface area contributed by atoms with E-state index in [0.717, 1.165) is 44.1 Å². The van der Waals surface area contributed by atoms with Crippen LogP contribution in [0.3, 0.4) is 0 Å². The van der Waals surface area contributed by atoms with Gasteiger partial charge in [-0.1, -0.05) is 29.8 Å². The molecule has 24 heavy (non-hydrogen) atoms. The van der Waals surface area contributed by atoms with Crippen molar-refractivity contribution in [2.75, 3.05) is 31.6 Å². The third-order valence-electron chi connectivity index (χ3n) is 3.74. The minimum Gasteiger partial charge on any atom is -0.379 e. The molecule has 0 saturated carbocycles. The first-order valence-electron chi connectivity index (χ1n) is 7.99. The number of hydrogen-bond acceptors (Lipinski definition) is 5. The van der Waals surface area contributed by atoms with Gasteiger partial charge in [0.2, 0.25) is 5.91 Å². The summed E-state index contributed by atoms with van der Waals surface area (Å²) in [5.41, 5.74) is 3.17. The fraction of sp³-hybridized carbons (Fsp3) is 0.333. The highest BCUT2D eigenvalue weighted by molar-refractivity contribution is 7.13. The van der Waals surface area contributed by atoms with Crippen molar-refractivity contribution in [2.24, 2.45) is 0 Å². The van der Waals surface area contributed by atoms with Crippen LogP contribution in [0.4, 0.5) is 5.13 Å². The van der Waals surface area contributed by atoms with Gasteiger partial charge in [0.05, 0.1) is 18.9 Å². The maximum atomic E-state index is 12.0. The first-order valence-corrected chi connectivity index (χ1v) is 8.87. The zero-order valence-corrected chi connectivity index (χ0v) is 14.5. The number of morpholine rings is 1. The van der Waals surface area contributed by atoms with Gasteiger partial charge in [0, 0.05) is 31.1 Å². The number of aromatic nitrogens is 1. The van der Waals surface area contributed by atoms with E-state index in [4.69, 9.17) is 4.74 Å². The Balaban J connectivity index is 1.53. The molecule has 0 radical (unpaired) electrons.